The molecule has 14 heavy (non-hydrogen) atoms. The van der Waals surface area contributed by atoms with Crippen LogP contribution in [-0.2, 0) is 0 Å². The first-order valence-corrected chi connectivity index (χ1v) is 5.39. The number of hydrogen-bond acceptors (Lipinski definition) is 2. The monoisotopic (exact) mass is 229 g/mol. The van der Waals surface area contributed by atoms with Crippen LogP contribution in [0, 0.1) is 12.3 Å². The molecule has 0 saturated carbocycles. The molecule has 0 heterocycles. The number of aryl methyl sites for hydroxylation is 1. The van der Waals surface area contributed by atoms with E-state index >= 15 is 0 Å². The summed E-state index contributed by atoms with van der Waals surface area (Å²) in [4.78, 5) is 0.771. The third-order valence-corrected chi connectivity index (χ3v) is 2.24. The minimum absolute atomic E-state index is 0.449. The molecule has 0 unspecified atom stereocenters. The SMILES string of the molecule is CC.CC(=N)c1c(S)cc(C)cc1Cl. The second-order valence-corrected chi connectivity index (χ2v) is 3.65. The van der Waals surface area contributed by atoms with Gasteiger partial charge in [0.2, 0.25) is 0 Å². The highest BCUT2D eigenvalue weighted by Gasteiger charge is 2.06. The van der Waals surface area contributed by atoms with Gasteiger partial charge in [-0.05, 0) is 31.5 Å². The van der Waals surface area contributed by atoms with Crippen LogP contribution in [0.5, 0.6) is 0 Å². The summed E-state index contributed by atoms with van der Waals surface area (Å²) in [5, 5.41) is 8.06. The van der Waals surface area contributed by atoms with Crippen molar-refractivity contribution in [3.8, 4) is 0 Å². The number of rotatable bonds is 1. The maximum atomic E-state index is 7.45. The Hall–Kier alpha value is -0.470. The van der Waals surface area contributed by atoms with Crippen LogP contribution in [0.2, 0.25) is 5.02 Å². The molecule has 0 spiro atoms. The Morgan fingerprint density at radius 2 is 1.86 bits per heavy atom. The summed E-state index contributed by atoms with van der Waals surface area (Å²) >= 11 is 10.2. The van der Waals surface area contributed by atoms with E-state index in [9.17, 15) is 0 Å². The first-order chi connectivity index (χ1) is 6.52. The summed E-state index contributed by atoms with van der Waals surface area (Å²) in [6.45, 7) is 7.66. The molecule has 1 aromatic rings. The molecule has 1 rings (SSSR count). The first-order valence-electron chi connectivity index (χ1n) is 4.57. The van der Waals surface area contributed by atoms with E-state index in [4.69, 9.17) is 17.0 Å². The quantitative estimate of drug-likeness (QED) is 0.529. The number of nitrogens with one attached hydrogen (secondary N) is 1. The van der Waals surface area contributed by atoms with Crippen molar-refractivity contribution in [3.05, 3.63) is 28.3 Å². The predicted molar refractivity (Wildman–Crippen MR) is 67.3 cm³/mol. The Labute approximate surface area is 96.4 Å². The van der Waals surface area contributed by atoms with E-state index in [0.717, 1.165) is 16.0 Å². The van der Waals surface area contributed by atoms with Gasteiger partial charge in [-0.2, -0.15) is 0 Å². The van der Waals surface area contributed by atoms with Crippen molar-refractivity contribution in [3.63, 3.8) is 0 Å². The summed E-state index contributed by atoms with van der Waals surface area (Å²) in [6.07, 6.45) is 0. The normalized spacial score (nSPS) is 9.00. The van der Waals surface area contributed by atoms with Gasteiger partial charge in [0.05, 0.1) is 5.02 Å². The van der Waals surface area contributed by atoms with E-state index < -0.39 is 0 Å². The Balaban J connectivity index is 0.000000791. The summed E-state index contributed by atoms with van der Waals surface area (Å²) in [7, 11) is 0. The highest BCUT2D eigenvalue weighted by atomic mass is 35.5. The standard InChI is InChI=1S/C9H10ClNS.C2H6/c1-5-3-7(10)9(6(2)11)8(12)4-5;1-2/h3-4,11-12H,1-2H3;1-2H3. The molecule has 0 aromatic heterocycles. The Morgan fingerprint density at radius 1 is 1.36 bits per heavy atom. The third-order valence-electron chi connectivity index (χ3n) is 1.59. The summed E-state index contributed by atoms with van der Waals surface area (Å²) < 4.78 is 0. The predicted octanol–water partition coefficient (Wildman–Crippen LogP) is 4.35. The van der Waals surface area contributed by atoms with Crippen LogP contribution in [0.1, 0.15) is 31.9 Å². The van der Waals surface area contributed by atoms with Crippen LogP contribution in [0.15, 0.2) is 17.0 Å². The molecule has 1 nitrogen and oxygen atoms in total. The lowest BCUT2D eigenvalue weighted by Gasteiger charge is -2.06. The minimum atomic E-state index is 0.449. The lowest BCUT2D eigenvalue weighted by molar-refractivity contribution is 1.32. The summed E-state index contributed by atoms with van der Waals surface area (Å²) in [5.41, 5.74) is 2.24. The van der Waals surface area contributed by atoms with Crippen molar-refractivity contribution in [2.75, 3.05) is 0 Å². The fourth-order valence-corrected chi connectivity index (χ4v) is 2.07. The molecule has 0 radical (unpaired) electrons. The molecule has 1 N–H and O–H groups in total. The number of halogens is 1. The van der Waals surface area contributed by atoms with Crippen molar-refractivity contribution >= 4 is 29.9 Å². The summed E-state index contributed by atoms with van der Waals surface area (Å²) in [6, 6.07) is 3.75. The van der Waals surface area contributed by atoms with Gasteiger partial charge in [-0.3, -0.25) is 0 Å². The van der Waals surface area contributed by atoms with E-state index in [-0.39, 0.29) is 0 Å². The topological polar surface area (TPSA) is 23.9 Å². The molecule has 0 amide bonds. The second-order valence-electron chi connectivity index (χ2n) is 2.77. The second kappa shape index (κ2) is 6.10. The van der Waals surface area contributed by atoms with Crippen molar-refractivity contribution < 1.29 is 0 Å². The van der Waals surface area contributed by atoms with Gasteiger partial charge >= 0.3 is 0 Å². The van der Waals surface area contributed by atoms with Crippen molar-refractivity contribution in [1.82, 2.24) is 0 Å². The van der Waals surface area contributed by atoms with Gasteiger partial charge in [-0.15, -0.1) is 12.6 Å². The molecule has 78 valence electrons. The fourth-order valence-electron chi connectivity index (χ4n) is 1.10. The van der Waals surface area contributed by atoms with E-state index in [1.54, 1.807) is 6.92 Å². The van der Waals surface area contributed by atoms with Gasteiger partial charge in [-0.1, -0.05) is 25.4 Å². The molecular formula is C11H16ClNS. The molecule has 0 aliphatic heterocycles. The molecular weight excluding hydrogens is 214 g/mol. The lowest BCUT2D eigenvalue weighted by Crippen LogP contribution is -1.96. The number of benzene rings is 1. The van der Waals surface area contributed by atoms with Crippen LogP contribution < -0.4 is 0 Å². The number of thiol groups is 1. The largest absolute Gasteiger partial charge is 0.305 e. The van der Waals surface area contributed by atoms with Gasteiger partial charge < -0.3 is 5.41 Å². The maximum absolute atomic E-state index is 7.45. The van der Waals surface area contributed by atoms with Gasteiger partial charge in [-0.25, -0.2) is 0 Å². The summed E-state index contributed by atoms with van der Waals surface area (Å²) in [5.74, 6) is 0. The molecule has 1 aromatic carbocycles. The zero-order chi connectivity index (χ0) is 11.3. The Morgan fingerprint density at radius 3 is 2.21 bits per heavy atom. The smallest absolute Gasteiger partial charge is 0.0510 e. The molecule has 0 aliphatic rings. The highest BCUT2D eigenvalue weighted by molar-refractivity contribution is 7.80. The van der Waals surface area contributed by atoms with Crippen LogP contribution in [0.25, 0.3) is 0 Å². The van der Waals surface area contributed by atoms with Crippen LogP contribution in [-0.4, -0.2) is 5.71 Å². The van der Waals surface area contributed by atoms with Crippen molar-refractivity contribution in [2.24, 2.45) is 0 Å². The Kier molecular flexibility index (Phi) is 5.89. The maximum Gasteiger partial charge on any atom is 0.0510 e. The van der Waals surface area contributed by atoms with Crippen LogP contribution >= 0.6 is 24.2 Å². The number of hydrogen-bond donors (Lipinski definition) is 2. The van der Waals surface area contributed by atoms with Gasteiger partial charge in [0.15, 0.2) is 0 Å². The Bertz CT molecular complexity index is 311. The van der Waals surface area contributed by atoms with Gasteiger partial charge in [0.25, 0.3) is 0 Å². The van der Waals surface area contributed by atoms with E-state index in [0.29, 0.717) is 10.7 Å². The lowest BCUT2D eigenvalue weighted by atomic mass is 10.1. The molecule has 0 fully saturated rings. The highest BCUT2D eigenvalue weighted by Crippen LogP contribution is 2.25. The first kappa shape index (κ1) is 13.5. The molecule has 0 saturated heterocycles. The van der Waals surface area contributed by atoms with E-state index in [2.05, 4.69) is 12.6 Å². The van der Waals surface area contributed by atoms with E-state index in [1.165, 1.54) is 0 Å². The zero-order valence-electron chi connectivity index (χ0n) is 8.98. The molecule has 0 aliphatic carbocycles. The van der Waals surface area contributed by atoms with Gasteiger partial charge in [0.1, 0.15) is 0 Å². The van der Waals surface area contributed by atoms with Crippen LogP contribution in [0.4, 0.5) is 0 Å². The van der Waals surface area contributed by atoms with E-state index in [1.807, 2.05) is 32.9 Å². The van der Waals surface area contributed by atoms with Crippen molar-refractivity contribution in [2.45, 2.75) is 32.6 Å². The average molecular weight is 230 g/mol. The minimum Gasteiger partial charge on any atom is -0.305 e. The zero-order valence-corrected chi connectivity index (χ0v) is 10.6. The van der Waals surface area contributed by atoms with Gasteiger partial charge in [0, 0.05) is 16.2 Å². The average Bonchev–Trinajstić information content (AvgIpc) is 2.04. The third kappa shape index (κ3) is 3.35. The van der Waals surface area contributed by atoms with Crippen molar-refractivity contribution in [1.29, 1.82) is 5.41 Å². The fraction of sp³-hybridized carbons (Fsp3) is 0.364. The molecule has 0 atom stereocenters. The molecule has 3 heteroatoms. The van der Waals surface area contributed by atoms with Crippen LogP contribution in [0.3, 0.4) is 0 Å². The molecule has 0 bridgehead atoms.